The van der Waals surface area contributed by atoms with E-state index < -0.39 is 12.1 Å². The van der Waals surface area contributed by atoms with Crippen molar-refractivity contribution in [2.75, 3.05) is 18.4 Å². The molecule has 0 heterocycles. The van der Waals surface area contributed by atoms with Crippen LogP contribution < -0.4 is 27.8 Å². The summed E-state index contributed by atoms with van der Waals surface area (Å²) in [4.78, 5) is 25.2. The van der Waals surface area contributed by atoms with E-state index in [2.05, 4.69) is 20.7 Å². The van der Waals surface area contributed by atoms with E-state index in [1.807, 2.05) is 12.1 Å². The Bertz CT molecular complexity index is 612. The lowest BCUT2D eigenvalue weighted by atomic mass is 10.1. The first-order valence-corrected chi connectivity index (χ1v) is 7.87. The third-order valence-corrected chi connectivity index (χ3v) is 3.43. The highest BCUT2D eigenvalue weighted by molar-refractivity contribution is 5.94. The van der Waals surface area contributed by atoms with Crippen LogP contribution in [0.5, 0.6) is 0 Å². The van der Waals surface area contributed by atoms with Gasteiger partial charge in [-0.1, -0.05) is 17.2 Å². The van der Waals surface area contributed by atoms with E-state index in [9.17, 15) is 9.59 Å². The predicted octanol–water partition coefficient (Wildman–Crippen LogP) is 0.581. The molecule has 8 N–H and O–H groups in total. The number of nitrogens with zero attached hydrogens (tertiary/aromatic N) is 3. The van der Waals surface area contributed by atoms with Crippen molar-refractivity contribution in [1.82, 2.24) is 5.32 Å². The van der Waals surface area contributed by atoms with Crippen LogP contribution in [0.4, 0.5) is 10.5 Å². The Morgan fingerprint density at radius 2 is 1.92 bits per heavy atom. The molecule has 1 rings (SSSR count). The molecule has 0 aromatic heterocycles. The number of primary amides is 1. The number of hydrogen-bond donors (Lipinski definition) is 5. The molecule has 3 amide bonds. The normalized spacial score (nSPS) is 12.6. The average molecular weight is 348 g/mol. The van der Waals surface area contributed by atoms with Gasteiger partial charge in [0.05, 0.1) is 6.04 Å². The fraction of sp³-hybridized carbons (Fsp3) is 0.467. The minimum atomic E-state index is -0.674. The van der Waals surface area contributed by atoms with Gasteiger partial charge in [0.15, 0.2) is 0 Å². The molecule has 0 fully saturated rings. The summed E-state index contributed by atoms with van der Waals surface area (Å²) in [5, 5.41) is 8.61. The highest BCUT2D eigenvalue weighted by atomic mass is 16.2. The highest BCUT2D eigenvalue weighted by Gasteiger charge is 2.13. The van der Waals surface area contributed by atoms with E-state index >= 15 is 0 Å². The second-order valence-corrected chi connectivity index (χ2v) is 5.60. The number of amides is 3. The zero-order chi connectivity index (χ0) is 18.7. The summed E-state index contributed by atoms with van der Waals surface area (Å²) in [6.45, 7) is 0.607. The summed E-state index contributed by atoms with van der Waals surface area (Å²) < 4.78 is 0. The van der Waals surface area contributed by atoms with Gasteiger partial charge in [0, 0.05) is 29.7 Å². The number of azide groups is 1. The lowest BCUT2D eigenvalue weighted by molar-refractivity contribution is -0.117. The maximum absolute atomic E-state index is 12.0. The van der Waals surface area contributed by atoms with Gasteiger partial charge in [0.25, 0.3) is 0 Å². The van der Waals surface area contributed by atoms with Crippen molar-refractivity contribution >= 4 is 17.6 Å². The molecule has 0 aliphatic carbocycles. The van der Waals surface area contributed by atoms with E-state index in [1.165, 1.54) is 0 Å². The monoisotopic (exact) mass is 348 g/mol. The Morgan fingerprint density at radius 3 is 2.52 bits per heavy atom. The van der Waals surface area contributed by atoms with Gasteiger partial charge in [-0.05, 0) is 42.5 Å². The highest BCUT2D eigenvalue weighted by Crippen LogP contribution is 2.12. The Labute approximate surface area is 145 Å². The van der Waals surface area contributed by atoms with Crippen LogP contribution in [0.3, 0.4) is 0 Å². The Morgan fingerprint density at radius 1 is 1.24 bits per heavy atom. The number of nitrogens with one attached hydrogen (secondary N) is 2. The molecule has 10 heteroatoms. The van der Waals surface area contributed by atoms with Gasteiger partial charge < -0.3 is 27.8 Å². The van der Waals surface area contributed by atoms with Crippen LogP contribution in [0.25, 0.3) is 10.4 Å². The molecule has 25 heavy (non-hydrogen) atoms. The summed E-state index contributed by atoms with van der Waals surface area (Å²) >= 11 is 0. The first-order chi connectivity index (χ1) is 11.9. The van der Waals surface area contributed by atoms with Crippen molar-refractivity contribution in [3.63, 3.8) is 0 Å². The number of benzene rings is 1. The largest absolute Gasteiger partial charge is 0.352 e. The number of hydrogen-bond acceptors (Lipinski definition) is 5. The maximum atomic E-state index is 12.0. The lowest BCUT2D eigenvalue weighted by Gasteiger charge is -2.13. The van der Waals surface area contributed by atoms with Crippen molar-refractivity contribution in [1.29, 1.82) is 0 Å². The summed E-state index contributed by atoms with van der Waals surface area (Å²) in [5.41, 5.74) is 26.5. The van der Waals surface area contributed by atoms with E-state index in [1.54, 1.807) is 12.1 Å². The topological polar surface area (TPSA) is 185 Å². The van der Waals surface area contributed by atoms with Crippen molar-refractivity contribution < 1.29 is 9.59 Å². The Kier molecular flexibility index (Phi) is 8.80. The van der Waals surface area contributed by atoms with Gasteiger partial charge in [-0.3, -0.25) is 4.79 Å². The average Bonchev–Trinajstić information content (AvgIpc) is 2.58. The second kappa shape index (κ2) is 10.9. The van der Waals surface area contributed by atoms with Gasteiger partial charge >= 0.3 is 6.03 Å². The van der Waals surface area contributed by atoms with E-state index in [-0.39, 0.29) is 18.5 Å². The van der Waals surface area contributed by atoms with Gasteiger partial charge in [-0.15, -0.1) is 0 Å². The van der Waals surface area contributed by atoms with Crippen LogP contribution in [0.15, 0.2) is 29.4 Å². The lowest BCUT2D eigenvalue weighted by Crippen LogP contribution is -2.37. The van der Waals surface area contributed by atoms with Crippen LogP contribution in [0, 0.1) is 0 Å². The molecule has 0 saturated carbocycles. The maximum Gasteiger partial charge on any atom is 0.312 e. The van der Waals surface area contributed by atoms with Crippen molar-refractivity contribution in [2.24, 2.45) is 22.3 Å². The summed E-state index contributed by atoms with van der Waals surface area (Å²) in [5.74, 6) is -0.299. The first kappa shape index (κ1) is 20.2. The molecule has 0 radical (unpaired) electrons. The van der Waals surface area contributed by atoms with E-state index in [4.69, 9.17) is 22.7 Å². The Balaban J connectivity index is 2.41. The fourth-order valence-electron chi connectivity index (χ4n) is 2.13. The number of anilines is 1. The third kappa shape index (κ3) is 8.56. The van der Waals surface area contributed by atoms with E-state index in [0.29, 0.717) is 31.5 Å². The Hall–Kier alpha value is -2.81. The minimum Gasteiger partial charge on any atom is -0.352 e. The van der Waals surface area contributed by atoms with Crippen molar-refractivity contribution in [2.45, 2.75) is 31.3 Å². The second-order valence-electron chi connectivity index (χ2n) is 5.60. The molecule has 2 atom stereocenters. The molecule has 0 bridgehead atoms. The van der Waals surface area contributed by atoms with Crippen LogP contribution in [0.1, 0.15) is 18.4 Å². The molecule has 136 valence electrons. The summed E-state index contributed by atoms with van der Waals surface area (Å²) in [6.07, 6.45) is 1.55. The molecule has 0 aliphatic heterocycles. The summed E-state index contributed by atoms with van der Waals surface area (Å²) in [7, 11) is 0. The molecule has 0 spiro atoms. The number of urea groups is 1. The molecular formula is C15H24N8O2. The fourth-order valence-corrected chi connectivity index (χ4v) is 2.13. The number of carbonyl (C=O) groups excluding carboxylic acids is 2. The van der Waals surface area contributed by atoms with Crippen LogP contribution in [-0.2, 0) is 11.2 Å². The van der Waals surface area contributed by atoms with Gasteiger partial charge in [0.1, 0.15) is 0 Å². The predicted molar refractivity (Wildman–Crippen MR) is 95.6 cm³/mol. The number of carbonyl (C=O) groups is 2. The van der Waals surface area contributed by atoms with Crippen molar-refractivity contribution in [3.8, 4) is 0 Å². The third-order valence-electron chi connectivity index (χ3n) is 3.43. The molecule has 10 nitrogen and oxygen atoms in total. The molecule has 0 saturated heterocycles. The first-order valence-electron chi connectivity index (χ1n) is 7.87. The number of nitrogens with two attached hydrogens (primary N) is 3. The van der Waals surface area contributed by atoms with Crippen LogP contribution >= 0.6 is 0 Å². The molecule has 1 aromatic carbocycles. The molecule has 0 aliphatic rings. The molecule has 1 aromatic rings. The van der Waals surface area contributed by atoms with Crippen LogP contribution in [0.2, 0.25) is 0 Å². The quantitative estimate of drug-likeness (QED) is 0.179. The van der Waals surface area contributed by atoms with Crippen LogP contribution in [-0.4, -0.2) is 37.1 Å². The SMILES string of the molecule is [N-]=[N+]=NC[C@@H](N)Cc1ccc(NC(=O)[C@@H](N)CCCNC(N)=O)cc1. The van der Waals surface area contributed by atoms with E-state index in [0.717, 1.165) is 5.56 Å². The zero-order valence-electron chi connectivity index (χ0n) is 13.9. The smallest absolute Gasteiger partial charge is 0.312 e. The summed E-state index contributed by atoms with van der Waals surface area (Å²) in [6, 6.07) is 5.67. The molecule has 0 unspecified atom stereocenters. The van der Waals surface area contributed by atoms with Crippen molar-refractivity contribution in [3.05, 3.63) is 40.3 Å². The minimum absolute atomic E-state index is 0.231. The van der Waals surface area contributed by atoms with Gasteiger partial charge in [-0.2, -0.15) is 0 Å². The van der Waals surface area contributed by atoms with Gasteiger partial charge in [0.2, 0.25) is 5.91 Å². The standard InChI is InChI=1S/C15H24N8O2/c16-11(9-21-23-19)8-10-3-5-12(6-4-10)22-14(24)13(17)2-1-7-20-15(18)25/h3-6,11,13H,1-2,7-9,16-17H2,(H,22,24)(H3,18,20,25)/t11-,13-/m0/s1. The zero-order valence-corrected chi connectivity index (χ0v) is 13.9. The van der Waals surface area contributed by atoms with Gasteiger partial charge in [-0.25, -0.2) is 4.79 Å². The number of rotatable bonds is 10. The molecular weight excluding hydrogens is 324 g/mol.